The maximum Gasteiger partial charge on any atom is 0.0173 e. The van der Waals surface area contributed by atoms with Crippen molar-refractivity contribution in [2.24, 2.45) is 5.92 Å². The molecule has 12 heavy (non-hydrogen) atoms. The Balaban J connectivity index is 2.01. The van der Waals surface area contributed by atoms with Gasteiger partial charge in [0.2, 0.25) is 0 Å². The number of hydrogen-bond donors (Lipinski definition) is 1. The number of nitrogens with one attached hydrogen (secondary N) is 1. The summed E-state index contributed by atoms with van der Waals surface area (Å²) in [5.41, 5.74) is 2.87. The number of rotatable bonds is 4. The molecule has 1 aliphatic rings. The van der Waals surface area contributed by atoms with Crippen LogP contribution in [0.25, 0.3) is 0 Å². The van der Waals surface area contributed by atoms with Crippen LogP contribution in [-0.4, -0.2) is 13.1 Å². The molecule has 1 nitrogen and oxygen atoms in total. The van der Waals surface area contributed by atoms with Crippen LogP contribution in [0.15, 0.2) is 11.1 Å². The lowest BCUT2D eigenvalue weighted by Crippen LogP contribution is -2.22. The zero-order chi connectivity index (χ0) is 8.81. The number of halogens is 1. The summed E-state index contributed by atoms with van der Waals surface area (Å²) in [7, 11) is 0. The van der Waals surface area contributed by atoms with Crippen molar-refractivity contribution in [3.63, 3.8) is 0 Å². The molecule has 70 valence electrons. The Hall–Kier alpha value is -0.0100. The van der Waals surface area contributed by atoms with Crippen molar-refractivity contribution in [3.8, 4) is 0 Å². The molecule has 0 aromatic rings. The third-order valence-corrected chi connectivity index (χ3v) is 2.87. The quantitative estimate of drug-likeness (QED) is 0.714. The molecule has 0 bridgehead atoms. The van der Waals surface area contributed by atoms with Crippen molar-refractivity contribution < 1.29 is 0 Å². The highest BCUT2D eigenvalue weighted by molar-refractivity contribution is 6.25. The lowest BCUT2D eigenvalue weighted by atomic mass is 10.1. The molecule has 1 rings (SSSR count). The van der Waals surface area contributed by atoms with Gasteiger partial charge in [0, 0.05) is 12.1 Å². The zero-order valence-electron chi connectivity index (χ0n) is 7.78. The van der Waals surface area contributed by atoms with Crippen LogP contribution in [0.5, 0.6) is 0 Å². The fourth-order valence-electron chi connectivity index (χ4n) is 1.73. The summed E-state index contributed by atoms with van der Waals surface area (Å²) in [6, 6.07) is 0. The molecule has 2 heteroatoms. The highest BCUT2D eigenvalue weighted by atomic mass is 35.5. The van der Waals surface area contributed by atoms with Crippen LogP contribution in [0.4, 0.5) is 0 Å². The first-order valence-electron chi connectivity index (χ1n) is 4.79. The van der Waals surface area contributed by atoms with Gasteiger partial charge in [0.1, 0.15) is 0 Å². The van der Waals surface area contributed by atoms with Gasteiger partial charge in [-0.25, -0.2) is 0 Å². The molecule has 0 saturated heterocycles. The average molecular weight is 188 g/mol. The predicted molar refractivity (Wildman–Crippen MR) is 54.4 cm³/mol. The van der Waals surface area contributed by atoms with Crippen LogP contribution in [0.1, 0.15) is 32.6 Å². The number of hydrogen-bond acceptors (Lipinski definition) is 1. The molecular weight excluding hydrogens is 170 g/mol. The minimum Gasteiger partial charge on any atom is -0.313 e. The molecule has 0 amide bonds. The average Bonchev–Trinajstić information content (AvgIpc) is 2.57. The first-order chi connectivity index (χ1) is 5.83. The highest BCUT2D eigenvalue weighted by Gasteiger charge is 2.13. The van der Waals surface area contributed by atoms with E-state index >= 15 is 0 Å². The Morgan fingerprint density at radius 1 is 1.50 bits per heavy atom. The molecule has 1 aliphatic carbocycles. The first-order valence-corrected chi connectivity index (χ1v) is 5.23. The van der Waals surface area contributed by atoms with E-state index in [2.05, 4.69) is 12.2 Å². The molecule has 0 aromatic carbocycles. The smallest absolute Gasteiger partial charge is 0.0173 e. The van der Waals surface area contributed by atoms with Crippen LogP contribution >= 0.6 is 11.6 Å². The summed E-state index contributed by atoms with van der Waals surface area (Å²) in [6.45, 7) is 4.16. The molecule has 1 saturated carbocycles. The van der Waals surface area contributed by atoms with Crippen LogP contribution in [0.2, 0.25) is 0 Å². The van der Waals surface area contributed by atoms with Crippen molar-refractivity contribution in [2.75, 3.05) is 13.1 Å². The van der Waals surface area contributed by atoms with E-state index in [0.29, 0.717) is 0 Å². The van der Waals surface area contributed by atoms with E-state index in [4.69, 9.17) is 11.6 Å². The van der Waals surface area contributed by atoms with Gasteiger partial charge in [-0.05, 0) is 37.8 Å². The predicted octanol–water partition coefficient (Wildman–Crippen LogP) is 2.91. The second kappa shape index (κ2) is 5.60. The molecule has 0 atom stereocenters. The van der Waals surface area contributed by atoms with E-state index in [-0.39, 0.29) is 0 Å². The van der Waals surface area contributed by atoms with E-state index in [1.54, 1.807) is 5.54 Å². The molecular formula is C10H18ClN. The highest BCUT2D eigenvalue weighted by Crippen LogP contribution is 2.23. The summed E-state index contributed by atoms with van der Waals surface area (Å²) in [5, 5.41) is 3.43. The topological polar surface area (TPSA) is 12.0 Å². The molecule has 0 heterocycles. The van der Waals surface area contributed by atoms with E-state index < -0.39 is 0 Å². The Labute approximate surface area is 80.2 Å². The fourth-order valence-corrected chi connectivity index (χ4v) is 1.80. The molecule has 0 aromatic heterocycles. The van der Waals surface area contributed by atoms with Crippen LogP contribution in [-0.2, 0) is 0 Å². The van der Waals surface area contributed by atoms with Crippen LogP contribution < -0.4 is 5.32 Å². The Bertz CT molecular complexity index is 148. The Morgan fingerprint density at radius 3 is 2.75 bits per heavy atom. The minimum absolute atomic E-state index is 0.924. The molecule has 1 fully saturated rings. The molecule has 0 radical (unpaired) electrons. The lowest BCUT2D eigenvalue weighted by Gasteiger charge is -2.09. The van der Waals surface area contributed by atoms with Gasteiger partial charge in [-0.2, -0.15) is 0 Å². The third-order valence-electron chi connectivity index (χ3n) is 2.50. The molecule has 0 unspecified atom stereocenters. The molecule has 1 N–H and O–H groups in total. The Morgan fingerprint density at radius 2 is 2.17 bits per heavy atom. The van der Waals surface area contributed by atoms with Gasteiger partial charge in [0.05, 0.1) is 0 Å². The second-order valence-electron chi connectivity index (χ2n) is 3.74. The van der Waals surface area contributed by atoms with Gasteiger partial charge in [0.15, 0.2) is 0 Å². The van der Waals surface area contributed by atoms with Crippen molar-refractivity contribution in [1.82, 2.24) is 5.32 Å². The molecule has 0 aliphatic heterocycles. The van der Waals surface area contributed by atoms with Crippen molar-refractivity contribution in [3.05, 3.63) is 11.1 Å². The van der Waals surface area contributed by atoms with E-state index in [1.807, 2.05) is 0 Å². The standard InChI is InChI=1S/C10H18ClN/c1-9(6-11)7-12-8-10-4-2-3-5-10/h6,10,12H,2-5,7-8H2,1H3. The SMILES string of the molecule is CC(=CCl)CNCC1CCCC1. The monoisotopic (exact) mass is 187 g/mol. The maximum absolute atomic E-state index is 5.55. The normalized spacial score (nSPS) is 20.3. The van der Waals surface area contributed by atoms with Gasteiger partial charge >= 0.3 is 0 Å². The fraction of sp³-hybridized carbons (Fsp3) is 0.800. The second-order valence-corrected chi connectivity index (χ2v) is 3.96. The van der Waals surface area contributed by atoms with Gasteiger partial charge in [-0.1, -0.05) is 24.4 Å². The van der Waals surface area contributed by atoms with Crippen LogP contribution in [0.3, 0.4) is 0 Å². The largest absolute Gasteiger partial charge is 0.313 e. The summed E-state index contributed by atoms with van der Waals surface area (Å²) >= 11 is 5.55. The maximum atomic E-state index is 5.55. The van der Waals surface area contributed by atoms with Crippen LogP contribution in [0, 0.1) is 5.92 Å². The summed E-state index contributed by atoms with van der Waals surface area (Å²) < 4.78 is 0. The summed E-state index contributed by atoms with van der Waals surface area (Å²) in [5.74, 6) is 0.924. The van der Waals surface area contributed by atoms with Gasteiger partial charge < -0.3 is 5.32 Å². The minimum atomic E-state index is 0.924. The van der Waals surface area contributed by atoms with Crippen molar-refractivity contribution >= 4 is 11.6 Å². The van der Waals surface area contributed by atoms with Gasteiger partial charge in [-0.15, -0.1) is 0 Å². The van der Waals surface area contributed by atoms with Crippen molar-refractivity contribution in [1.29, 1.82) is 0 Å². The van der Waals surface area contributed by atoms with Crippen molar-refractivity contribution in [2.45, 2.75) is 32.6 Å². The van der Waals surface area contributed by atoms with Gasteiger partial charge in [0.25, 0.3) is 0 Å². The summed E-state index contributed by atoms with van der Waals surface area (Å²) in [6.07, 6.45) is 5.68. The Kier molecular flexibility index (Phi) is 4.70. The third kappa shape index (κ3) is 3.59. The molecule has 0 spiro atoms. The first kappa shape index (κ1) is 10.1. The lowest BCUT2D eigenvalue weighted by molar-refractivity contribution is 0.502. The van der Waals surface area contributed by atoms with E-state index in [9.17, 15) is 0 Å². The zero-order valence-corrected chi connectivity index (χ0v) is 8.53. The van der Waals surface area contributed by atoms with Gasteiger partial charge in [-0.3, -0.25) is 0 Å². The van der Waals surface area contributed by atoms with E-state index in [0.717, 1.165) is 12.5 Å². The summed E-state index contributed by atoms with van der Waals surface area (Å²) in [4.78, 5) is 0. The van der Waals surface area contributed by atoms with E-state index in [1.165, 1.54) is 37.8 Å².